The summed E-state index contributed by atoms with van der Waals surface area (Å²) in [6.07, 6.45) is -3.24. The van der Waals surface area contributed by atoms with E-state index in [0.717, 1.165) is 0 Å². The SMILES string of the molecule is CCOC(=O)/C([N+]#N)=C(\O)[C@H](O[Si](C)(C)C(C)(C)C)[C@@H](O[Si](C)(C)C(C)(C)C)[C@@H](C)O. The molecule has 31 heavy (non-hydrogen) atoms. The highest BCUT2D eigenvalue weighted by Gasteiger charge is 2.50. The quantitative estimate of drug-likeness (QED) is 0.152. The number of ether oxygens (including phenoxy) is 1. The molecule has 0 heterocycles. The molecule has 0 bridgehead atoms. The van der Waals surface area contributed by atoms with Gasteiger partial charge in [0.15, 0.2) is 21.6 Å². The third-order valence-corrected chi connectivity index (χ3v) is 15.2. The molecule has 0 saturated carbocycles. The maximum Gasteiger partial charge on any atom is 0.508 e. The van der Waals surface area contributed by atoms with Crippen LogP contribution in [0.3, 0.4) is 0 Å². The predicted molar refractivity (Wildman–Crippen MR) is 127 cm³/mol. The molecule has 0 aliphatic rings. The number of hydrogen-bond acceptors (Lipinski definition) is 7. The number of rotatable bonds is 9. The molecule has 8 nitrogen and oxygen atoms in total. The van der Waals surface area contributed by atoms with Crippen molar-refractivity contribution < 1.29 is 28.6 Å². The lowest BCUT2D eigenvalue weighted by molar-refractivity contribution is -0.138. The van der Waals surface area contributed by atoms with Gasteiger partial charge < -0.3 is 23.8 Å². The molecular formula is C21H43N2O6Si2+. The fourth-order valence-electron chi connectivity index (χ4n) is 2.23. The van der Waals surface area contributed by atoms with E-state index in [1.807, 2.05) is 47.0 Å². The molecule has 0 aromatic carbocycles. The first kappa shape index (κ1) is 29.7. The first-order valence-corrected chi connectivity index (χ1v) is 16.5. The predicted octanol–water partition coefficient (Wildman–Crippen LogP) is 5.33. The Kier molecular flexibility index (Phi) is 10.1. The highest BCUT2D eigenvalue weighted by Crippen LogP contribution is 2.42. The van der Waals surface area contributed by atoms with Gasteiger partial charge >= 0.3 is 11.7 Å². The maximum atomic E-state index is 12.3. The van der Waals surface area contributed by atoms with Crippen LogP contribution in [0.5, 0.6) is 0 Å². The molecule has 0 saturated heterocycles. The molecule has 0 aromatic heterocycles. The number of carbonyl (C=O) groups is 1. The van der Waals surface area contributed by atoms with Crippen molar-refractivity contribution in [3.8, 4) is 0 Å². The highest BCUT2D eigenvalue weighted by molar-refractivity contribution is 6.74. The van der Waals surface area contributed by atoms with Gasteiger partial charge in [0.05, 0.1) is 12.7 Å². The van der Waals surface area contributed by atoms with Crippen LogP contribution < -0.4 is 0 Å². The van der Waals surface area contributed by atoms with Gasteiger partial charge in [-0.2, -0.15) is 0 Å². The van der Waals surface area contributed by atoms with Crippen molar-refractivity contribution in [1.82, 2.24) is 0 Å². The summed E-state index contributed by atoms with van der Waals surface area (Å²) in [5, 5.41) is 30.8. The van der Waals surface area contributed by atoms with E-state index < -0.39 is 52.4 Å². The second kappa shape index (κ2) is 10.6. The van der Waals surface area contributed by atoms with E-state index in [-0.39, 0.29) is 16.7 Å². The van der Waals surface area contributed by atoms with Crippen molar-refractivity contribution in [2.45, 2.75) is 110 Å². The second-order valence-corrected chi connectivity index (χ2v) is 20.4. The average molecular weight is 476 g/mol. The molecular weight excluding hydrogens is 432 g/mol. The van der Waals surface area contributed by atoms with Gasteiger partial charge in [0.2, 0.25) is 11.2 Å². The molecule has 0 unspecified atom stereocenters. The Balaban J connectivity index is 6.70. The fraction of sp³-hybridized carbons (Fsp3) is 0.857. The van der Waals surface area contributed by atoms with E-state index in [9.17, 15) is 20.4 Å². The smallest absolute Gasteiger partial charge is 0.503 e. The van der Waals surface area contributed by atoms with Gasteiger partial charge in [-0.25, -0.2) is 4.79 Å². The molecule has 0 radical (unpaired) electrons. The van der Waals surface area contributed by atoms with E-state index in [0.29, 0.717) is 0 Å². The summed E-state index contributed by atoms with van der Waals surface area (Å²) >= 11 is 0. The lowest BCUT2D eigenvalue weighted by Gasteiger charge is -2.45. The van der Waals surface area contributed by atoms with Crippen molar-refractivity contribution >= 4 is 22.6 Å². The van der Waals surface area contributed by atoms with Gasteiger partial charge in [0, 0.05) is 0 Å². The first-order chi connectivity index (χ1) is 13.7. The van der Waals surface area contributed by atoms with Crippen LogP contribution in [0, 0.1) is 5.39 Å². The standard InChI is InChI=1S/C21H42N2O6Si2/c1-13-27-19(26)15(23-22)16(25)18(29-31(11,12)21(6,7)8)17(14(2)24)28-30(9,10)20(3,4)5/h14,17-18,24H,13H2,1-12H3/p+1/t14-,17+,18+/m1/s1. The van der Waals surface area contributed by atoms with E-state index in [1.54, 1.807) is 13.8 Å². The molecule has 0 fully saturated rings. The number of nitrogens with zero attached hydrogens (tertiary/aromatic N) is 2. The van der Waals surface area contributed by atoms with Crippen molar-refractivity contribution in [1.29, 1.82) is 5.39 Å². The Labute approximate surface area is 189 Å². The second-order valence-electron chi connectivity index (χ2n) is 10.9. The maximum absolute atomic E-state index is 12.3. The van der Waals surface area contributed by atoms with Crippen LogP contribution in [0.1, 0.15) is 55.4 Å². The lowest BCUT2D eigenvalue weighted by Crippen LogP contribution is -2.55. The van der Waals surface area contributed by atoms with Gasteiger partial charge in [-0.15, -0.1) is 0 Å². The van der Waals surface area contributed by atoms with Crippen molar-refractivity contribution in [3.05, 3.63) is 16.4 Å². The summed E-state index contributed by atoms with van der Waals surface area (Å²) in [5.74, 6) is -1.60. The molecule has 10 heteroatoms. The lowest BCUT2D eigenvalue weighted by atomic mass is 10.1. The van der Waals surface area contributed by atoms with E-state index >= 15 is 0 Å². The Bertz CT molecular complexity index is 700. The normalized spacial score (nSPS) is 17.3. The molecule has 3 atom stereocenters. The minimum absolute atomic E-state index is 0.0409. The summed E-state index contributed by atoms with van der Waals surface area (Å²) < 4.78 is 17.8. The van der Waals surface area contributed by atoms with Crippen LogP contribution in [-0.2, 0) is 18.4 Å². The fourth-order valence-corrected chi connectivity index (χ4v) is 4.82. The Morgan fingerprint density at radius 1 is 1.00 bits per heavy atom. The number of aliphatic hydroxyl groups excluding tert-OH is 2. The van der Waals surface area contributed by atoms with Crippen LogP contribution in [-0.4, -0.2) is 57.7 Å². The Morgan fingerprint density at radius 3 is 1.74 bits per heavy atom. The number of aliphatic hydroxyl groups is 2. The number of hydrogen-bond donors (Lipinski definition) is 2. The molecule has 0 rings (SSSR count). The molecule has 0 aliphatic heterocycles. The van der Waals surface area contributed by atoms with E-state index in [2.05, 4.69) is 25.7 Å². The molecule has 2 N–H and O–H groups in total. The largest absolute Gasteiger partial charge is 0.508 e. The minimum atomic E-state index is -2.52. The third kappa shape index (κ3) is 7.68. The summed E-state index contributed by atoms with van der Waals surface area (Å²) in [6.45, 7) is 23.5. The number of carbonyl (C=O) groups excluding carboxylic acids is 1. The van der Waals surface area contributed by atoms with Crippen molar-refractivity contribution in [2.75, 3.05) is 6.61 Å². The van der Waals surface area contributed by atoms with Gasteiger partial charge in [-0.3, -0.25) is 0 Å². The average Bonchev–Trinajstić information content (AvgIpc) is 2.56. The zero-order valence-electron chi connectivity index (χ0n) is 21.4. The molecule has 180 valence electrons. The summed E-state index contributed by atoms with van der Waals surface area (Å²) in [4.78, 5) is 15.3. The van der Waals surface area contributed by atoms with Gasteiger partial charge in [0.1, 0.15) is 12.2 Å². The van der Waals surface area contributed by atoms with Crippen molar-refractivity contribution in [2.24, 2.45) is 0 Å². The van der Waals surface area contributed by atoms with Crippen LogP contribution >= 0.6 is 0 Å². The number of esters is 1. The minimum Gasteiger partial charge on any atom is -0.503 e. The van der Waals surface area contributed by atoms with E-state index in [1.165, 1.54) is 0 Å². The zero-order valence-corrected chi connectivity index (χ0v) is 23.4. The van der Waals surface area contributed by atoms with Crippen molar-refractivity contribution in [3.63, 3.8) is 0 Å². The van der Waals surface area contributed by atoms with Crippen LogP contribution in [0.4, 0.5) is 0 Å². The molecule has 0 aliphatic carbocycles. The van der Waals surface area contributed by atoms with Crippen LogP contribution in [0.15, 0.2) is 11.5 Å². The van der Waals surface area contributed by atoms with Gasteiger partial charge in [-0.1, -0.05) is 41.5 Å². The monoisotopic (exact) mass is 475 g/mol. The van der Waals surface area contributed by atoms with Crippen LogP contribution in [0.2, 0.25) is 36.3 Å². The Hall–Kier alpha value is -1.26. The van der Waals surface area contributed by atoms with E-state index in [4.69, 9.17) is 13.6 Å². The Morgan fingerprint density at radius 2 is 1.42 bits per heavy atom. The van der Waals surface area contributed by atoms with Gasteiger partial charge in [-0.05, 0) is 50.1 Å². The first-order valence-electron chi connectivity index (χ1n) is 10.7. The zero-order chi connectivity index (χ0) is 25.0. The third-order valence-electron chi connectivity index (χ3n) is 6.32. The summed E-state index contributed by atoms with van der Waals surface area (Å²) in [7, 11) is -4.93. The topological polar surface area (TPSA) is 113 Å². The molecule has 0 spiro atoms. The molecule has 0 aromatic rings. The summed E-state index contributed by atoms with van der Waals surface area (Å²) in [6, 6.07) is 0. The number of diazo groups is 1. The summed E-state index contributed by atoms with van der Waals surface area (Å²) in [5.41, 5.74) is -0.657. The highest BCUT2D eigenvalue weighted by atomic mass is 28.4. The van der Waals surface area contributed by atoms with Crippen LogP contribution in [0.25, 0.3) is 4.98 Å². The van der Waals surface area contributed by atoms with Gasteiger partial charge in [0.25, 0.3) is 0 Å². The molecule has 0 amide bonds.